The SMILES string of the molecule is C=C1C[C@]23C[C@@]1(O)CC[C@H]2[C@@]12C[C@H](O[C@@H]4O[C@H](COC(C)=O)[C@@H](OC(C)=O)[C@H](OC(C)=O)[C@H]4OC(C)=O)[C@H](O)[C@@](C)(C(=O)O1)[C@H]2[C@@H]3C(=O)OC. The number of methoxy groups -OCH3 is 1. The summed E-state index contributed by atoms with van der Waals surface area (Å²) in [6, 6.07) is 0. The first kappa shape index (κ1) is 36.2. The maximum absolute atomic E-state index is 13.9. The van der Waals surface area contributed by atoms with Gasteiger partial charge in [-0.2, -0.15) is 0 Å². The maximum atomic E-state index is 13.9. The van der Waals surface area contributed by atoms with Crippen molar-refractivity contribution in [3.05, 3.63) is 12.2 Å². The summed E-state index contributed by atoms with van der Waals surface area (Å²) >= 11 is 0. The lowest BCUT2D eigenvalue weighted by molar-refractivity contribution is -0.330. The average molecular weight is 709 g/mol. The van der Waals surface area contributed by atoms with Crippen LogP contribution < -0.4 is 0 Å². The van der Waals surface area contributed by atoms with Crippen LogP contribution in [0.4, 0.5) is 0 Å². The fourth-order valence-corrected chi connectivity index (χ4v) is 10.4. The standard InChI is InChI=1S/C34H44O16/c1-14-10-32-13-33(14,42)9-8-21(32)34-11-19(27(39)31(6,30(41)50-34)26(34)22(32)28(40)43-7)48-29-25(47-18(5)38)24(46-17(4)37)23(45-16(3)36)20(49-29)12-44-15(2)35/h19-27,29,39,42H,1,8-13H2,2-7H3/t19-,20+,21+,22+,23+,24-,25+,26+,27-,29+,31-,32-,33-,34+/m0/s1. The molecule has 16 nitrogen and oxygen atoms in total. The van der Waals surface area contributed by atoms with Crippen LogP contribution in [0.2, 0.25) is 0 Å². The molecule has 0 amide bonds. The van der Waals surface area contributed by atoms with Gasteiger partial charge in [-0.05, 0) is 43.6 Å². The van der Waals surface area contributed by atoms with Crippen LogP contribution in [-0.2, 0) is 66.7 Å². The van der Waals surface area contributed by atoms with Crippen LogP contribution in [0.1, 0.15) is 66.7 Å². The minimum atomic E-state index is -1.71. The largest absolute Gasteiger partial charge is 0.469 e. The van der Waals surface area contributed by atoms with Gasteiger partial charge in [0.25, 0.3) is 0 Å². The van der Waals surface area contributed by atoms with E-state index in [1.54, 1.807) is 0 Å². The van der Waals surface area contributed by atoms with Crippen molar-refractivity contribution in [1.82, 2.24) is 0 Å². The molecule has 0 unspecified atom stereocenters. The predicted molar refractivity (Wildman–Crippen MR) is 162 cm³/mol. The van der Waals surface area contributed by atoms with E-state index in [0.29, 0.717) is 24.8 Å². The highest BCUT2D eigenvalue weighted by atomic mass is 16.7. The van der Waals surface area contributed by atoms with Crippen LogP contribution in [-0.4, -0.2) is 114 Å². The number of carbonyl (C=O) groups is 6. The molecule has 6 rings (SSSR count). The van der Waals surface area contributed by atoms with Crippen LogP contribution in [0.25, 0.3) is 0 Å². The molecule has 2 saturated heterocycles. The lowest BCUT2D eigenvalue weighted by Gasteiger charge is -2.50. The second kappa shape index (κ2) is 12.3. The lowest BCUT2D eigenvalue weighted by Crippen LogP contribution is -2.65. The van der Waals surface area contributed by atoms with E-state index in [1.807, 2.05) is 0 Å². The zero-order valence-electron chi connectivity index (χ0n) is 28.8. The summed E-state index contributed by atoms with van der Waals surface area (Å²) in [6.07, 6.45) is -9.25. The summed E-state index contributed by atoms with van der Waals surface area (Å²) in [5.74, 6) is -6.74. The molecule has 14 atom stereocenters. The maximum Gasteiger partial charge on any atom is 0.315 e. The Morgan fingerprint density at radius 2 is 1.58 bits per heavy atom. The second-order valence-electron chi connectivity index (χ2n) is 14.8. The Morgan fingerprint density at radius 1 is 0.960 bits per heavy atom. The van der Waals surface area contributed by atoms with Crippen molar-refractivity contribution in [3.63, 3.8) is 0 Å². The minimum Gasteiger partial charge on any atom is -0.469 e. The fraction of sp³-hybridized carbons (Fsp3) is 0.765. The molecule has 2 heterocycles. The van der Waals surface area contributed by atoms with E-state index in [4.69, 9.17) is 37.9 Å². The molecule has 0 aromatic heterocycles. The van der Waals surface area contributed by atoms with Crippen LogP contribution in [0.5, 0.6) is 0 Å². The Kier molecular flexibility index (Phi) is 8.88. The molecule has 1 spiro atoms. The van der Waals surface area contributed by atoms with Gasteiger partial charge in [-0.25, -0.2) is 0 Å². The normalized spacial score (nSPS) is 45.4. The third kappa shape index (κ3) is 5.23. The fourth-order valence-electron chi connectivity index (χ4n) is 10.4. The van der Waals surface area contributed by atoms with Gasteiger partial charge in [-0.3, -0.25) is 28.8 Å². The highest BCUT2D eigenvalue weighted by Gasteiger charge is 2.86. The van der Waals surface area contributed by atoms with Crippen molar-refractivity contribution in [2.24, 2.45) is 28.6 Å². The van der Waals surface area contributed by atoms with Gasteiger partial charge in [-0.1, -0.05) is 6.58 Å². The Labute approximate surface area is 288 Å². The molecule has 0 aromatic carbocycles. The van der Waals surface area contributed by atoms with Crippen molar-refractivity contribution in [3.8, 4) is 0 Å². The van der Waals surface area contributed by atoms with Gasteiger partial charge in [0.05, 0.1) is 30.8 Å². The summed E-state index contributed by atoms with van der Waals surface area (Å²) in [5, 5.41) is 23.6. The van der Waals surface area contributed by atoms with Gasteiger partial charge >= 0.3 is 35.8 Å². The van der Waals surface area contributed by atoms with Crippen LogP contribution in [0.3, 0.4) is 0 Å². The zero-order chi connectivity index (χ0) is 36.7. The Hall–Kier alpha value is -3.60. The molecule has 2 aliphatic heterocycles. The van der Waals surface area contributed by atoms with Crippen LogP contribution >= 0.6 is 0 Å². The smallest absolute Gasteiger partial charge is 0.315 e. The first-order valence-electron chi connectivity index (χ1n) is 16.7. The van der Waals surface area contributed by atoms with E-state index in [-0.39, 0.29) is 12.8 Å². The molecule has 16 heteroatoms. The quantitative estimate of drug-likeness (QED) is 0.198. The summed E-state index contributed by atoms with van der Waals surface area (Å²) in [7, 11) is 1.25. The molecule has 0 radical (unpaired) electrons. The van der Waals surface area contributed by atoms with Crippen molar-refractivity contribution in [1.29, 1.82) is 0 Å². The monoisotopic (exact) mass is 708 g/mol. The van der Waals surface area contributed by atoms with Crippen molar-refractivity contribution in [2.45, 2.75) is 121 Å². The molecule has 0 aromatic rings. The molecule has 4 aliphatic carbocycles. The molecule has 6 fully saturated rings. The van der Waals surface area contributed by atoms with Crippen molar-refractivity contribution >= 4 is 35.8 Å². The highest BCUT2D eigenvalue weighted by Crippen LogP contribution is 2.78. The summed E-state index contributed by atoms with van der Waals surface area (Å²) in [6.45, 7) is 9.57. The minimum absolute atomic E-state index is 0.127. The van der Waals surface area contributed by atoms with Gasteiger partial charge in [0.2, 0.25) is 0 Å². The van der Waals surface area contributed by atoms with Gasteiger partial charge < -0.3 is 48.1 Å². The van der Waals surface area contributed by atoms with E-state index in [0.717, 1.165) is 27.7 Å². The Balaban J connectivity index is 1.41. The Morgan fingerprint density at radius 3 is 2.18 bits per heavy atom. The van der Waals surface area contributed by atoms with Crippen LogP contribution in [0.15, 0.2) is 12.2 Å². The molecular formula is C34H44O16. The summed E-state index contributed by atoms with van der Waals surface area (Å²) in [4.78, 5) is 76.3. The van der Waals surface area contributed by atoms with Gasteiger partial charge in [-0.15, -0.1) is 0 Å². The van der Waals surface area contributed by atoms with Crippen molar-refractivity contribution < 1.29 is 76.9 Å². The lowest BCUT2D eigenvalue weighted by atomic mass is 9.58. The molecule has 276 valence electrons. The average Bonchev–Trinajstić information content (AvgIpc) is 3.45. The number of hydrogen-bond donors (Lipinski definition) is 2. The third-order valence-corrected chi connectivity index (χ3v) is 12.0. The molecule has 2 N–H and O–H groups in total. The van der Waals surface area contributed by atoms with Crippen molar-refractivity contribution in [2.75, 3.05) is 13.7 Å². The Bertz CT molecular complexity index is 1510. The highest BCUT2D eigenvalue weighted by molar-refractivity contribution is 5.86. The van der Waals surface area contributed by atoms with Crippen LogP contribution in [0, 0.1) is 28.6 Å². The first-order valence-corrected chi connectivity index (χ1v) is 16.7. The van der Waals surface area contributed by atoms with E-state index >= 15 is 0 Å². The number of fused-ring (bicyclic) bond motifs is 1. The van der Waals surface area contributed by atoms with E-state index in [9.17, 15) is 39.0 Å². The number of rotatable bonds is 8. The predicted octanol–water partition coefficient (Wildman–Crippen LogP) is 0.418. The van der Waals surface area contributed by atoms with Gasteiger partial charge in [0.1, 0.15) is 23.7 Å². The molecule has 4 saturated carbocycles. The van der Waals surface area contributed by atoms with Gasteiger partial charge in [0.15, 0.2) is 24.6 Å². The number of hydrogen-bond acceptors (Lipinski definition) is 16. The molecular weight excluding hydrogens is 664 g/mol. The topological polar surface area (TPSA) is 217 Å². The number of aliphatic hydroxyl groups excluding tert-OH is 1. The van der Waals surface area contributed by atoms with E-state index < -0.39 is 125 Å². The second-order valence-corrected chi connectivity index (χ2v) is 14.8. The third-order valence-electron chi connectivity index (χ3n) is 12.0. The number of ether oxygens (including phenoxy) is 8. The molecule has 6 aliphatic rings. The zero-order valence-corrected chi connectivity index (χ0v) is 28.8. The molecule has 4 bridgehead atoms. The number of carbonyl (C=O) groups excluding carboxylic acids is 6. The number of aliphatic hydroxyl groups is 2. The van der Waals surface area contributed by atoms with E-state index in [1.165, 1.54) is 14.0 Å². The summed E-state index contributed by atoms with van der Waals surface area (Å²) < 4.78 is 45.8. The first-order chi connectivity index (χ1) is 23.3. The molecule has 50 heavy (non-hydrogen) atoms. The van der Waals surface area contributed by atoms with E-state index in [2.05, 4.69) is 6.58 Å². The number of esters is 6. The summed E-state index contributed by atoms with van der Waals surface area (Å²) in [5.41, 5.74) is -4.57. The van der Waals surface area contributed by atoms with Gasteiger partial charge in [0, 0.05) is 46.0 Å².